The van der Waals surface area contributed by atoms with Gasteiger partial charge in [-0.3, -0.25) is 9.98 Å². The molecule has 0 spiro atoms. The Morgan fingerprint density at radius 3 is 2.43 bits per heavy atom. The van der Waals surface area contributed by atoms with Crippen molar-refractivity contribution in [1.82, 2.24) is 0 Å². The smallest absolute Gasteiger partial charge is 0.0407 e. The van der Waals surface area contributed by atoms with Gasteiger partial charge in [0.05, 0.1) is 0 Å². The molecular formula is C12H14N2. The van der Waals surface area contributed by atoms with Crippen molar-refractivity contribution in [3.63, 3.8) is 0 Å². The van der Waals surface area contributed by atoms with Crippen LogP contribution in [0.25, 0.3) is 5.57 Å². The highest BCUT2D eigenvalue weighted by molar-refractivity contribution is 6.22. The van der Waals surface area contributed by atoms with E-state index in [1.165, 1.54) is 0 Å². The Kier molecular flexibility index (Phi) is 3.80. The number of rotatable bonds is 3. The van der Waals surface area contributed by atoms with E-state index in [2.05, 4.69) is 16.7 Å². The van der Waals surface area contributed by atoms with Gasteiger partial charge in [-0.05, 0) is 19.2 Å². The molecule has 0 bridgehead atoms. The fourth-order valence-electron chi connectivity index (χ4n) is 1.21. The van der Waals surface area contributed by atoms with Gasteiger partial charge >= 0.3 is 0 Å². The first kappa shape index (κ1) is 10.4. The Morgan fingerprint density at radius 2 is 1.93 bits per heavy atom. The molecule has 0 saturated heterocycles. The van der Waals surface area contributed by atoms with Gasteiger partial charge in [-0.25, -0.2) is 0 Å². The second-order valence-corrected chi connectivity index (χ2v) is 2.90. The SMILES string of the molecule is C=N/C=C(\C(C)=N/C)c1ccccc1. The van der Waals surface area contributed by atoms with Crippen LogP contribution in [0.2, 0.25) is 0 Å². The van der Waals surface area contributed by atoms with Crippen molar-refractivity contribution in [2.45, 2.75) is 6.92 Å². The average molecular weight is 186 g/mol. The van der Waals surface area contributed by atoms with Crippen LogP contribution in [0.1, 0.15) is 12.5 Å². The molecule has 72 valence electrons. The van der Waals surface area contributed by atoms with Gasteiger partial charge in [0, 0.05) is 24.5 Å². The number of hydrogen-bond donors (Lipinski definition) is 0. The third-order valence-electron chi connectivity index (χ3n) is 2.03. The molecule has 2 nitrogen and oxygen atoms in total. The molecule has 0 aromatic heterocycles. The Morgan fingerprint density at radius 1 is 1.29 bits per heavy atom. The standard InChI is InChI=1S/C12H14N2/c1-10(14-3)12(9-13-2)11-7-5-4-6-8-11/h4-9H,2H2,1,3H3/b12-9+,14-10-. The van der Waals surface area contributed by atoms with Gasteiger partial charge in [0.25, 0.3) is 0 Å². The minimum absolute atomic E-state index is 0.962. The molecule has 1 rings (SSSR count). The van der Waals surface area contributed by atoms with E-state index in [1.54, 1.807) is 13.2 Å². The Labute approximate surface area is 84.7 Å². The van der Waals surface area contributed by atoms with E-state index in [0.717, 1.165) is 16.8 Å². The summed E-state index contributed by atoms with van der Waals surface area (Å²) in [4.78, 5) is 7.93. The summed E-state index contributed by atoms with van der Waals surface area (Å²) < 4.78 is 0. The van der Waals surface area contributed by atoms with Crippen molar-refractivity contribution in [2.75, 3.05) is 7.05 Å². The molecule has 0 aliphatic rings. The monoisotopic (exact) mass is 186 g/mol. The molecular weight excluding hydrogens is 172 g/mol. The van der Waals surface area contributed by atoms with Crippen LogP contribution in [0.15, 0.2) is 46.5 Å². The lowest BCUT2D eigenvalue weighted by molar-refractivity contribution is 1.42. The predicted octanol–water partition coefficient (Wildman–Crippen LogP) is 2.82. The minimum Gasteiger partial charge on any atom is -0.293 e. The van der Waals surface area contributed by atoms with Crippen LogP contribution in [0.4, 0.5) is 0 Å². The molecule has 0 amide bonds. The minimum atomic E-state index is 0.962. The van der Waals surface area contributed by atoms with Crippen molar-refractivity contribution < 1.29 is 0 Å². The Hall–Kier alpha value is -1.70. The van der Waals surface area contributed by atoms with E-state index >= 15 is 0 Å². The van der Waals surface area contributed by atoms with Gasteiger partial charge in [-0.1, -0.05) is 30.3 Å². The van der Waals surface area contributed by atoms with Crippen LogP contribution in [-0.4, -0.2) is 19.5 Å². The van der Waals surface area contributed by atoms with Gasteiger partial charge in [0.2, 0.25) is 0 Å². The molecule has 1 aromatic rings. The zero-order valence-corrected chi connectivity index (χ0v) is 8.57. The average Bonchev–Trinajstić information content (AvgIpc) is 2.26. The number of nitrogens with zero attached hydrogens (tertiary/aromatic N) is 2. The second-order valence-electron chi connectivity index (χ2n) is 2.90. The molecule has 14 heavy (non-hydrogen) atoms. The summed E-state index contributed by atoms with van der Waals surface area (Å²) in [5.74, 6) is 0. The fourth-order valence-corrected chi connectivity index (χ4v) is 1.21. The van der Waals surface area contributed by atoms with Crippen molar-refractivity contribution in [3.05, 3.63) is 42.1 Å². The van der Waals surface area contributed by atoms with Gasteiger partial charge in [0.1, 0.15) is 0 Å². The topological polar surface area (TPSA) is 24.7 Å². The molecule has 0 aliphatic carbocycles. The molecule has 0 N–H and O–H groups in total. The molecule has 1 aromatic carbocycles. The normalized spacial score (nSPS) is 12.7. The maximum absolute atomic E-state index is 4.14. The number of hydrogen-bond acceptors (Lipinski definition) is 2. The first-order chi connectivity index (χ1) is 6.79. The van der Waals surface area contributed by atoms with Crippen LogP contribution in [0.3, 0.4) is 0 Å². The Bertz CT molecular complexity index is 361. The summed E-state index contributed by atoms with van der Waals surface area (Å²) in [6.45, 7) is 5.42. The zero-order valence-electron chi connectivity index (χ0n) is 8.57. The van der Waals surface area contributed by atoms with Gasteiger partial charge in [0.15, 0.2) is 0 Å². The van der Waals surface area contributed by atoms with E-state index in [9.17, 15) is 0 Å². The summed E-state index contributed by atoms with van der Waals surface area (Å²) in [5, 5.41) is 0. The zero-order chi connectivity index (χ0) is 10.4. The second kappa shape index (κ2) is 5.12. The number of allylic oxidation sites excluding steroid dienone is 1. The van der Waals surface area contributed by atoms with Crippen molar-refractivity contribution in [3.8, 4) is 0 Å². The first-order valence-corrected chi connectivity index (χ1v) is 4.44. The quantitative estimate of drug-likeness (QED) is 0.648. The van der Waals surface area contributed by atoms with E-state index in [-0.39, 0.29) is 0 Å². The van der Waals surface area contributed by atoms with Crippen LogP contribution in [0.5, 0.6) is 0 Å². The Balaban J connectivity index is 3.14. The van der Waals surface area contributed by atoms with Crippen LogP contribution in [-0.2, 0) is 0 Å². The molecule has 0 fully saturated rings. The fraction of sp³-hybridized carbons (Fsp3) is 0.167. The summed E-state index contributed by atoms with van der Waals surface area (Å²) >= 11 is 0. The third kappa shape index (κ3) is 2.39. The maximum Gasteiger partial charge on any atom is 0.0407 e. The van der Waals surface area contributed by atoms with E-state index in [1.807, 2.05) is 37.3 Å². The van der Waals surface area contributed by atoms with Crippen LogP contribution >= 0.6 is 0 Å². The number of benzene rings is 1. The lowest BCUT2D eigenvalue weighted by atomic mass is 10.0. The van der Waals surface area contributed by atoms with Gasteiger partial charge in [-0.15, -0.1) is 0 Å². The molecule has 0 aliphatic heterocycles. The van der Waals surface area contributed by atoms with Crippen molar-refractivity contribution >= 4 is 18.0 Å². The lowest BCUT2D eigenvalue weighted by Crippen LogP contribution is -1.96. The highest BCUT2D eigenvalue weighted by Gasteiger charge is 2.02. The first-order valence-electron chi connectivity index (χ1n) is 4.44. The molecule has 0 atom stereocenters. The third-order valence-corrected chi connectivity index (χ3v) is 2.03. The van der Waals surface area contributed by atoms with Crippen molar-refractivity contribution in [1.29, 1.82) is 0 Å². The lowest BCUT2D eigenvalue weighted by Gasteiger charge is -2.04. The summed E-state index contributed by atoms with van der Waals surface area (Å²) in [6.07, 6.45) is 1.73. The molecule has 0 heterocycles. The molecule has 0 saturated carbocycles. The van der Waals surface area contributed by atoms with Crippen LogP contribution in [0, 0.1) is 0 Å². The van der Waals surface area contributed by atoms with Crippen molar-refractivity contribution in [2.24, 2.45) is 9.98 Å². The summed E-state index contributed by atoms with van der Waals surface area (Å²) in [6, 6.07) is 10.0. The molecule has 0 unspecified atom stereocenters. The van der Waals surface area contributed by atoms with E-state index < -0.39 is 0 Å². The number of aliphatic imine (C=N–C) groups is 2. The van der Waals surface area contributed by atoms with E-state index in [4.69, 9.17) is 0 Å². The largest absolute Gasteiger partial charge is 0.293 e. The summed E-state index contributed by atoms with van der Waals surface area (Å²) in [5.41, 5.74) is 3.09. The van der Waals surface area contributed by atoms with Gasteiger partial charge < -0.3 is 0 Å². The predicted molar refractivity (Wildman–Crippen MR) is 63.0 cm³/mol. The maximum atomic E-state index is 4.14. The van der Waals surface area contributed by atoms with Gasteiger partial charge in [-0.2, -0.15) is 0 Å². The summed E-state index contributed by atoms with van der Waals surface area (Å²) in [7, 11) is 1.77. The van der Waals surface area contributed by atoms with Crippen LogP contribution < -0.4 is 0 Å². The highest BCUT2D eigenvalue weighted by atomic mass is 14.7. The molecule has 0 radical (unpaired) electrons. The molecule has 2 heteroatoms. The highest BCUT2D eigenvalue weighted by Crippen LogP contribution is 2.15. The van der Waals surface area contributed by atoms with E-state index in [0.29, 0.717) is 0 Å².